The summed E-state index contributed by atoms with van der Waals surface area (Å²) in [7, 11) is 3.34. The van der Waals surface area contributed by atoms with Crippen LogP contribution in [-0.2, 0) is 11.3 Å². The lowest BCUT2D eigenvalue weighted by molar-refractivity contribution is -0.0586. The highest BCUT2D eigenvalue weighted by Gasteiger charge is 2.31. The number of para-hydroxylation sites is 1. The van der Waals surface area contributed by atoms with E-state index in [9.17, 15) is 4.79 Å². The second-order valence-corrected chi connectivity index (χ2v) is 8.87. The largest absolute Gasteiger partial charge is 0.493 e. The predicted octanol–water partition coefficient (Wildman–Crippen LogP) is 3.06. The molecule has 0 radical (unpaired) electrons. The third-order valence-electron chi connectivity index (χ3n) is 6.48. The van der Waals surface area contributed by atoms with E-state index in [-0.39, 0.29) is 18.1 Å². The summed E-state index contributed by atoms with van der Waals surface area (Å²) in [5.74, 6) is 1.91. The predicted molar refractivity (Wildman–Crippen MR) is 121 cm³/mol. The quantitative estimate of drug-likeness (QED) is 0.741. The number of hydrogen-bond acceptors (Lipinski definition) is 6. The van der Waals surface area contributed by atoms with Gasteiger partial charge in [-0.2, -0.15) is 5.10 Å². The van der Waals surface area contributed by atoms with E-state index >= 15 is 0 Å². The standard InChI is InChI=1S/C24H34N4O4/c1-16-13-28(14-17(2)32-16)24(29)20-12-25-26-22(20)18-8-10-27(11-9-18)15-19-6-5-7-21(30-3)23(19)31-4/h5-7,12,16-18H,8-11,13-15H2,1-4H3,(H,25,26)/t16-,17-/m0/s1. The summed E-state index contributed by atoms with van der Waals surface area (Å²) in [4.78, 5) is 17.6. The highest BCUT2D eigenvalue weighted by Crippen LogP contribution is 2.34. The van der Waals surface area contributed by atoms with Gasteiger partial charge in [-0.15, -0.1) is 0 Å². The molecule has 2 saturated heterocycles. The number of piperidine rings is 1. The van der Waals surface area contributed by atoms with Crippen LogP contribution in [-0.4, -0.2) is 78.5 Å². The van der Waals surface area contributed by atoms with Crippen molar-refractivity contribution < 1.29 is 19.0 Å². The molecular formula is C24H34N4O4. The lowest BCUT2D eigenvalue weighted by atomic mass is 9.90. The third-order valence-corrected chi connectivity index (χ3v) is 6.48. The van der Waals surface area contributed by atoms with Crippen LogP contribution in [0.25, 0.3) is 0 Å². The Hall–Kier alpha value is -2.58. The molecule has 0 saturated carbocycles. The molecule has 2 aliphatic heterocycles. The lowest BCUT2D eigenvalue weighted by Gasteiger charge is -2.36. The maximum Gasteiger partial charge on any atom is 0.257 e. The average Bonchev–Trinajstić information content (AvgIpc) is 3.28. The van der Waals surface area contributed by atoms with E-state index in [0.29, 0.717) is 24.6 Å². The zero-order valence-electron chi connectivity index (χ0n) is 19.5. The van der Waals surface area contributed by atoms with Gasteiger partial charge in [0.05, 0.1) is 43.9 Å². The second kappa shape index (κ2) is 9.92. The molecule has 8 nitrogen and oxygen atoms in total. The molecule has 2 fully saturated rings. The molecule has 2 aromatic rings. The monoisotopic (exact) mass is 442 g/mol. The number of carbonyl (C=O) groups is 1. The van der Waals surface area contributed by atoms with E-state index in [1.54, 1.807) is 20.4 Å². The number of benzene rings is 1. The van der Waals surface area contributed by atoms with Crippen molar-refractivity contribution in [2.75, 3.05) is 40.4 Å². The number of likely N-dealkylation sites (tertiary alicyclic amines) is 1. The summed E-state index contributed by atoms with van der Waals surface area (Å²) in [5, 5.41) is 7.36. The van der Waals surface area contributed by atoms with E-state index in [0.717, 1.165) is 55.2 Å². The summed E-state index contributed by atoms with van der Waals surface area (Å²) in [5.41, 5.74) is 2.80. The number of aromatic nitrogens is 2. The summed E-state index contributed by atoms with van der Waals surface area (Å²) < 4.78 is 16.8. The molecule has 1 N–H and O–H groups in total. The molecule has 0 bridgehead atoms. The summed E-state index contributed by atoms with van der Waals surface area (Å²) >= 11 is 0. The first-order chi connectivity index (χ1) is 15.5. The van der Waals surface area contributed by atoms with Crippen molar-refractivity contribution in [1.82, 2.24) is 20.0 Å². The van der Waals surface area contributed by atoms with E-state index < -0.39 is 0 Å². The van der Waals surface area contributed by atoms with E-state index in [1.807, 2.05) is 30.9 Å². The third kappa shape index (κ3) is 4.76. The fourth-order valence-electron chi connectivity index (χ4n) is 4.99. The van der Waals surface area contributed by atoms with Crippen LogP contribution in [0.2, 0.25) is 0 Å². The number of nitrogens with one attached hydrogen (secondary N) is 1. The molecule has 4 rings (SSSR count). The van der Waals surface area contributed by atoms with Gasteiger partial charge in [0.1, 0.15) is 0 Å². The number of ether oxygens (including phenoxy) is 3. The van der Waals surface area contributed by atoms with Crippen LogP contribution < -0.4 is 9.47 Å². The number of aromatic amines is 1. The Morgan fingerprint density at radius 2 is 1.88 bits per heavy atom. The normalized spacial score (nSPS) is 22.7. The van der Waals surface area contributed by atoms with Gasteiger partial charge < -0.3 is 19.1 Å². The minimum atomic E-state index is 0.0508. The maximum absolute atomic E-state index is 13.2. The maximum atomic E-state index is 13.2. The van der Waals surface area contributed by atoms with Crippen molar-refractivity contribution in [3.05, 3.63) is 41.2 Å². The lowest BCUT2D eigenvalue weighted by Crippen LogP contribution is -2.48. The topological polar surface area (TPSA) is 79.9 Å². The van der Waals surface area contributed by atoms with Crippen LogP contribution >= 0.6 is 0 Å². The SMILES string of the molecule is COc1cccc(CN2CCC(c3[nH]ncc3C(=O)N3C[C@H](C)O[C@@H](C)C3)CC2)c1OC. The fraction of sp³-hybridized carbons (Fsp3) is 0.583. The average molecular weight is 443 g/mol. The molecule has 1 amide bonds. The van der Waals surface area contributed by atoms with Gasteiger partial charge in [0.2, 0.25) is 0 Å². The molecule has 32 heavy (non-hydrogen) atoms. The Balaban J connectivity index is 1.40. The van der Waals surface area contributed by atoms with Gasteiger partial charge in [0.25, 0.3) is 5.91 Å². The molecule has 174 valence electrons. The zero-order valence-corrected chi connectivity index (χ0v) is 19.5. The molecule has 2 atom stereocenters. The van der Waals surface area contributed by atoms with Gasteiger partial charge >= 0.3 is 0 Å². The van der Waals surface area contributed by atoms with E-state index in [2.05, 4.69) is 21.2 Å². The number of carbonyl (C=O) groups excluding carboxylic acids is 1. The first-order valence-electron chi connectivity index (χ1n) is 11.4. The van der Waals surface area contributed by atoms with Crippen molar-refractivity contribution in [3.8, 4) is 11.5 Å². The highest BCUT2D eigenvalue weighted by molar-refractivity contribution is 5.95. The van der Waals surface area contributed by atoms with Gasteiger partial charge in [-0.05, 0) is 45.8 Å². The van der Waals surface area contributed by atoms with Crippen molar-refractivity contribution in [2.45, 2.75) is 51.4 Å². The van der Waals surface area contributed by atoms with Crippen LogP contribution in [0.3, 0.4) is 0 Å². The minimum Gasteiger partial charge on any atom is -0.493 e. The number of hydrogen-bond donors (Lipinski definition) is 1. The first kappa shape index (κ1) is 22.6. The van der Waals surface area contributed by atoms with Gasteiger partial charge in [-0.1, -0.05) is 12.1 Å². The van der Waals surface area contributed by atoms with Crippen LogP contribution in [0.1, 0.15) is 54.2 Å². The van der Waals surface area contributed by atoms with Gasteiger partial charge in [-0.25, -0.2) is 0 Å². The Labute approximate surface area is 189 Å². The molecule has 8 heteroatoms. The van der Waals surface area contributed by atoms with Gasteiger partial charge in [0, 0.05) is 31.1 Å². The van der Waals surface area contributed by atoms with E-state index in [4.69, 9.17) is 14.2 Å². The molecule has 0 aliphatic carbocycles. The number of rotatable bonds is 6. The van der Waals surface area contributed by atoms with Crippen LogP contribution in [0, 0.1) is 0 Å². The molecule has 1 aromatic carbocycles. The number of methoxy groups -OCH3 is 2. The Bertz CT molecular complexity index is 912. The van der Waals surface area contributed by atoms with Crippen LogP contribution in [0.15, 0.2) is 24.4 Å². The van der Waals surface area contributed by atoms with Crippen LogP contribution in [0.4, 0.5) is 0 Å². The second-order valence-electron chi connectivity index (χ2n) is 8.87. The molecule has 0 unspecified atom stereocenters. The van der Waals surface area contributed by atoms with Crippen molar-refractivity contribution in [3.63, 3.8) is 0 Å². The summed E-state index contributed by atoms with van der Waals surface area (Å²) in [6.07, 6.45) is 3.75. The molecule has 1 aromatic heterocycles. The minimum absolute atomic E-state index is 0.0508. The molecular weight excluding hydrogens is 408 g/mol. The molecule has 3 heterocycles. The Morgan fingerprint density at radius 3 is 2.53 bits per heavy atom. The van der Waals surface area contributed by atoms with E-state index in [1.165, 1.54) is 0 Å². The molecule has 2 aliphatic rings. The Morgan fingerprint density at radius 1 is 1.16 bits per heavy atom. The molecule has 0 spiro atoms. The number of H-pyrrole nitrogens is 1. The van der Waals surface area contributed by atoms with Gasteiger partial charge in [0.15, 0.2) is 11.5 Å². The van der Waals surface area contributed by atoms with Gasteiger partial charge in [-0.3, -0.25) is 14.8 Å². The van der Waals surface area contributed by atoms with Crippen molar-refractivity contribution in [1.29, 1.82) is 0 Å². The van der Waals surface area contributed by atoms with Crippen molar-refractivity contribution in [2.24, 2.45) is 0 Å². The number of nitrogens with zero attached hydrogens (tertiary/aromatic N) is 3. The van der Waals surface area contributed by atoms with Crippen LogP contribution in [0.5, 0.6) is 11.5 Å². The smallest absolute Gasteiger partial charge is 0.257 e. The summed E-state index contributed by atoms with van der Waals surface area (Å²) in [6.45, 7) is 7.97. The zero-order chi connectivity index (χ0) is 22.7. The summed E-state index contributed by atoms with van der Waals surface area (Å²) in [6, 6.07) is 6.00. The highest BCUT2D eigenvalue weighted by atomic mass is 16.5. The van der Waals surface area contributed by atoms with Crippen molar-refractivity contribution >= 4 is 5.91 Å². The number of amides is 1. The Kier molecular flexibility index (Phi) is 7.01. The fourth-order valence-corrected chi connectivity index (χ4v) is 4.99. The first-order valence-corrected chi connectivity index (χ1v) is 11.4. The number of morpholine rings is 1.